The third-order valence-electron chi connectivity index (χ3n) is 9.74. The average Bonchev–Trinajstić information content (AvgIpc) is 3.82. The Balaban J connectivity index is 0.897. The smallest absolute Gasteiger partial charge is 0.350 e. The molecule has 0 unspecified atom stereocenters. The standard InChI is InChI=1S/C36H32F6N10O4/c1-35(2,36(40,41)42)33-47-28(49-50-33)16-46-32(54)27-12-26(51-56-27)31-44-14-20(15-45-31)22-4-3-17(7-23(22)37)13-43-21-8-18(9-21)19-10-24(38)30(25(39)11-19)52-6-5-29(53)48-34(52)55/h3-4,7,10-12,14-15,18,21,43H,5-6,8-9,13,16H2,1-2H3,(H,46,54)(H,47,49,50)(H,48,53,55). The highest BCUT2D eigenvalue weighted by atomic mass is 19.4. The van der Waals surface area contributed by atoms with Gasteiger partial charge in [0, 0.05) is 55.1 Å². The zero-order valence-electron chi connectivity index (χ0n) is 29.6. The summed E-state index contributed by atoms with van der Waals surface area (Å²) in [5.74, 6) is -4.26. The predicted octanol–water partition coefficient (Wildman–Crippen LogP) is 5.59. The molecule has 2 aromatic carbocycles. The highest BCUT2D eigenvalue weighted by molar-refractivity contribution is 6.05. The van der Waals surface area contributed by atoms with Gasteiger partial charge in [-0.05, 0) is 61.9 Å². The molecule has 0 atom stereocenters. The summed E-state index contributed by atoms with van der Waals surface area (Å²) in [5.41, 5.74) is -0.960. The maximum atomic E-state index is 15.2. The van der Waals surface area contributed by atoms with Crippen molar-refractivity contribution < 1.29 is 45.2 Å². The first-order valence-corrected chi connectivity index (χ1v) is 17.3. The van der Waals surface area contributed by atoms with Gasteiger partial charge in [0.05, 0.1) is 6.54 Å². The molecule has 1 aliphatic carbocycles. The van der Waals surface area contributed by atoms with Gasteiger partial charge >= 0.3 is 12.2 Å². The van der Waals surface area contributed by atoms with E-state index in [9.17, 15) is 36.3 Å². The van der Waals surface area contributed by atoms with E-state index in [1.165, 1.54) is 36.7 Å². The second-order valence-electron chi connectivity index (χ2n) is 13.9. The number of aromatic amines is 1. The van der Waals surface area contributed by atoms with Gasteiger partial charge in [0.15, 0.2) is 17.3 Å². The van der Waals surface area contributed by atoms with E-state index in [4.69, 9.17) is 4.52 Å². The van der Waals surface area contributed by atoms with Crippen molar-refractivity contribution >= 4 is 23.5 Å². The normalized spacial score (nSPS) is 17.5. The summed E-state index contributed by atoms with van der Waals surface area (Å²) in [5, 5.41) is 17.6. The maximum absolute atomic E-state index is 15.2. The molecule has 4 heterocycles. The molecule has 1 saturated carbocycles. The van der Waals surface area contributed by atoms with E-state index < -0.39 is 58.4 Å². The number of nitrogens with one attached hydrogen (secondary N) is 4. The fraction of sp³-hybridized carbons (Fsp3) is 0.333. The van der Waals surface area contributed by atoms with Crippen molar-refractivity contribution in [1.29, 1.82) is 0 Å². The lowest BCUT2D eigenvalue weighted by molar-refractivity contribution is -0.182. The highest BCUT2D eigenvalue weighted by Gasteiger charge is 2.51. The zero-order chi connectivity index (χ0) is 39.9. The highest BCUT2D eigenvalue weighted by Crippen LogP contribution is 2.40. The fourth-order valence-corrected chi connectivity index (χ4v) is 6.20. The Hall–Kier alpha value is -6.18. The summed E-state index contributed by atoms with van der Waals surface area (Å²) in [6.07, 6.45) is -0.695. The molecule has 1 aliphatic heterocycles. The Morgan fingerprint density at radius 3 is 2.36 bits per heavy atom. The summed E-state index contributed by atoms with van der Waals surface area (Å²) >= 11 is 0. The number of amides is 4. The van der Waals surface area contributed by atoms with Crippen molar-refractivity contribution in [2.45, 2.75) is 69.8 Å². The number of H-pyrrole nitrogens is 1. The van der Waals surface area contributed by atoms with Gasteiger partial charge in [-0.1, -0.05) is 17.3 Å². The lowest BCUT2D eigenvalue weighted by atomic mass is 9.75. The van der Waals surface area contributed by atoms with Gasteiger partial charge in [0.25, 0.3) is 5.91 Å². The molecule has 14 nitrogen and oxygen atoms in total. The molecule has 4 N–H and O–H groups in total. The van der Waals surface area contributed by atoms with Crippen molar-refractivity contribution in [3.8, 4) is 22.6 Å². The van der Waals surface area contributed by atoms with E-state index in [-0.39, 0.29) is 60.1 Å². The monoisotopic (exact) mass is 782 g/mol. The number of hydrogen-bond donors (Lipinski definition) is 4. The Kier molecular flexibility index (Phi) is 10.1. The van der Waals surface area contributed by atoms with E-state index in [0.717, 1.165) is 18.7 Å². The molecule has 0 radical (unpaired) electrons. The van der Waals surface area contributed by atoms with Gasteiger partial charge < -0.3 is 15.2 Å². The number of alkyl halides is 3. The minimum Gasteiger partial charge on any atom is -0.350 e. The molecule has 0 bridgehead atoms. The van der Waals surface area contributed by atoms with Crippen molar-refractivity contribution in [2.24, 2.45) is 0 Å². The summed E-state index contributed by atoms with van der Waals surface area (Å²) < 4.78 is 90.0. The van der Waals surface area contributed by atoms with Crippen molar-refractivity contribution in [3.05, 3.63) is 94.8 Å². The number of aromatic nitrogens is 6. The predicted molar refractivity (Wildman–Crippen MR) is 184 cm³/mol. The van der Waals surface area contributed by atoms with Crippen LogP contribution in [0.4, 0.5) is 36.8 Å². The Labute approximate surface area is 313 Å². The Morgan fingerprint density at radius 2 is 1.70 bits per heavy atom. The molecule has 56 heavy (non-hydrogen) atoms. The van der Waals surface area contributed by atoms with Crippen LogP contribution in [0.2, 0.25) is 0 Å². The number of hydrogen-bond acceptors (Lipinski definition) is 10. The van der Waals surface area contributed by atoms with Crippen LogP contribution in [-0.2, 0) is 23.3 Å². The van der Waals surface area contributed by atoms with Crippen LogP contribution in [0.25, 0.3) is 22.6 Å². The minimum absolute atomic E-state index is 0.00149. The van der Waals surface area contributed by atoms with Gasteiger partial charge in [-0.3, -0.25) is 24.9 Å². The van der Waals surface area contributed by atoms with Gasteiger partial charge in [-0.25, -0.2) is 32.9 Å². The molecule has 20 heteroatoms. The number of nitrogens with zero attached hydrogens (tertiary/aromatic N) is 6. The van der Waals surface area contributed by atoms with Gasteiger partial charge in [0.1, 0.15) is 34.4 Å². The van der Waals surface area contributed by atoms with E-state index in [0.29, 0.717) is 36.1 Å². The quantitative estimate of drug-likeness (QED) is 0.123. The van der Waals surface area contributed by atoms with Crippen LogP contribution in [0, 0.1) is 17.5 Å². The second-order valence-corrected chi connectivity index (χ2v) is 13.9. The first kappa shape index (κ1) is 38.1. The lowest BCUT2D eigenvalue weighted by Gasteiger charge is -2.37. The first-order chi connectivity index (χ1) is 26.6. The lowest BCUT2D eigenvalue weighted by Crippen LogP contribution is -2.50. The first-order valence-electron chi connectivity index (χ1n) is 17.3. The molecule has 7 rings (SSSR count). The van der Waals surface area contributed by atoms with E-state index >= 15 is 4.39 Å². The van der Waals surface area contributed by atoms with E-state index in [1.54, 1.807) is 12.1 Å². The molecule has 2 aliphatic rings. The SMILES string of the molecule is CC(C)(c1n[nH]c(CNC(=O)c2cc(-c3ncc(-c4ccc(CNC5CC(c6cc(F)c(N7CCC(=O)NC7=O)c(F)c6)C5)cc4F)cn3)no2)n1)C(F)(F)F. The molecule has 5 aromatic rings. The number of anilines is 1. The third kappa shape index (κ3) is 7.68. The summed E-state index contributed by atoms with van der Waals surface area (Å²) in [6.45, 7) is 1.83. The minimum atomic E-state index is -4.58. The number of benzene rings is 2. The van der Waals surface area contributed by atoms with Crippen molar-refractivity contribution in [1.82, 2.24) is 46.3 Å². The van der Waals surface area contributed by atoms with Crippen LogP contribution in [0.5, 0.6) is 0 Å². The Bertz CT molecular complexity index is 2280. The number of rotatable bonds is 11. The maximum Gasteiger partial charge on any atom is 0.401 e. The molecule has 292 valence electrons. The Morgan fingerprint density at radius 1 is 0.982 bits per heavy atom. The van der Waals surface area contributed by atoms with E-state index in [1.807, 2.05) is 0 Å². The molecule has 1 saturated heterocycles. The fourth-order valence-electron chi connectivity index (χ4n) is 6.20. The van der Waals surface area contributed by atoms with Crippen molar-refractivity contribution in [2.75, 3.05) is 11.4 Å². The number of carbonyl (C=O) groups excluding carboxylic acids is 3. The van der Waals surface area contributed by atoms with Crippen molar-refractivity contribution in [3.63, 3.8) is 0 Å². The third-order valence-corrected chi connectivity index (χ3v) is 9.74. The van der Waals surface area contributed by atoms with E-state index in [2.05, 4.69) is 46.3 Å². The number of carbonyl (C=O) groups is 3. The van der Waals surface area contributed by atoms with Crippen LogP contribution < -0.4 is 20.9 Å². The molecular formula is C36H32F6N10O4. The van der Waals surface area contributed by atoms with Gasteiger partial charge in [-0.2, -0.15) is 18.3 Å². The van der Waals surface area contributed by atoms with Crippen LogP contribution >= 0.6 is 0 Å². The van der Waals surface area contributed by atoms with Crippen LogP contribution in [-0.4, -0.2) is 66.9 Å². The summed E-state index contributed by atoms with van der Waals surface area (Å²) in [7, 11) is 0. The molecule has 4 amide bonds. The molecule has 0 spiro atoms. The summed E-state index contributed by atoms with van der Waals surface area (Å²) in [6, 6.07) is 7.54. The topological polar surface area (TPSA) is 184 Å². The molecule has 3 aromatic heterocycles. The van der Waals surface area contributed by atoms with Crippen LogP contribution in [0.3, 0.4) is 0 Å². The molecular weight excluding hydrogens is 750 g/mol. The average molecular weight is 783 g/mol. The molecule has 2 fully saturated rings. The number of urea groups is 1. The number of imide groups is 1. The van der Waals surface area contributed by atoms with Gasteiger partial charge in [-0.15, -0.1) is 0 Å². The second kappa shape index (κ2) is 14.8. The van der Waals surface area contributed by atoms with Gasteiger partial charge in [0.2, 0.25) is 11.7 Å². The van der Waals surface area contributed by atoms with Crippen LogP contribution in [0.1, 0.15) is 72.4 Å². The number of halogens is 6. The van der Waals surface area contributed by atoms with Crippen LogP contribution in [0.15, 0.2) is 53.3 Å². The largest absolute Gasteiger partial charge is 0.401 e. The zero-order valence-corrected chi connectivity index (χ0v) is 29.6. The summed E-state index contributed by atoms with van der Waals surface area (Å²) in [4.78, 5) is 49.2.